The van der Waals surface area contributed by atoms with Crippen LogP contribution in [0.1, 0.15) is 0 Å². The molecule has 0 bridgehead atoms. The second kappa shape index (κ2) is 5.69. The number of anilines is 1. The van der Waals surface area contributed by atoms with E-state index >= 15 is 0 Å². The van der Waals surface area contributed by atoms with Crippen LogP contribution in [0.4, 0.5) is 5.69 Å². The minimum absolute atomic E-state index is 0.0669. The summed E-state index contributed by atoms with van der Waals surface area (Å²) < 4.78 is 13.8. The van der Waals surface area contributed by atoms with Crippen LogP contribution in [0.3, 0.4) is 0 Å². The predicted molar refractivity (Wildman–Crippen MR) is 89.8 cm³/mol. The molecule has 0 unspecified atom stereocenters. The topological polar surface area (TPSA) is 79.9 Å². The van der Waals surface area contributed by atoms with Gasteiger partial charge < -0.3 is 15.0 Å². The first-order valence-corrected chi connectivity index (χ1v) is 7.74. The van der Waals surface area contributed by atoms with Gasteiger partial charge in [-0.1, -0.05) is 18.2 Å². The summed E-state index contributed by atoms with van der Waals surface area (Å²) in [4.78, 5) is 15.2. The van der Waals surface area contributed by atoms with Gasteiger partial charge in [-0.2, -0.15) is 8.75 Å². The molecular weight excluding hydrogens is 312 g/mol. The average molecular weight is 324 g/mol. The third kappa shape index (κ3) is 2.74. The van der Waals surface area contributed by atoms with E-state index in [1.54, 1.807) is 18.3 Å². The number of aromatic nitrogens is 3. The molecule has 0 aliphatic rings. The number of hydrogen-bond donors (Lipinski definition) is 2. The summed E-state index contributed by atoms with van der Waals surface area (Å²) >= 11 is 1.15. The lowest BCUT2D eigenvalue weighted by molar-refractivity contribution is -0.118. The lowest BCUT2D eigenvalue weighted by Gasteiger charge is -2.06. The third-order valence-corrected chi connectivity index (χ3v) is 4.02. The first-order valence-electron chi connectivity index (χ1n) is 7.01. The van der Waals surface area contributed by atoms with Crippen molar-refractivity contribution in [2.45, 2.75) is 0 Å². The number of ether oxygens (including phenoxy) is 1. The summed E-state index contributed by atoms with van der Waals surface area (Å²) in [6.45, 7) is -0.0669. The number of benzene rings is 2. The van der Waals surface area contributed by atoms with Gasteiger partial charge in [0.25, 0.3) is 5.91 Å². The van der Waals surface area contributed by atoms with Gasteiger partial charge in [-0.05, 0) is 18.2 Å². The van der Waals surface area contributed by atoms with Crippen LogP contribution in [-0.2, 0) is 4.79 Å². The fraction of sp³-hybridized carbons (Fsp3) is 0.0625. The molecule has 0 aliphatic carbocycles. The van der Waals surface area contributed by atoms with Gasteiger partial charge in [0.15, 0.2) is 6.61 Å². The number of nitrogens with one attached hydrogen (secondary N) is 2. The Bertz CT molecular complexity index is 992. The van der Waals surface area contributed by atoms with E-state index in [-0.39, 0.29) is 12.5 Å². The second-order valence-electron chi connectivity index (χ2n) is 5.00. The van der Waals surface area contributed by atoms with E-state index < -0.39 is 0 Å². The Hall–Kier alpha value is -2.93. The highest BCUT2D eigenvalue weighted by molar-refractivity contribution is 7.00. The standard InChI is InChI=1S/C16H12N4O2S/c21-16(18-15-8-17-12-4-2-1-3-11(12)15)9-22-10-5-6-13-14(7-10)20-23-19-13/h1-8,17H,9H2,(H,18,21). The molecule has 23 heavy (non-hydrogen) atoms. The van der Waals surface area contributed by atoms with Crippen LogP contribution < -0.4 is 10.1 Å². The van der Waals surface area contributed by atoms with E-state index in [9.17, 15) is 4.79 Å². The molecule has 0 spiro atoms. The van der Waals surface area contributed by atoms with E-state index in [0.29, 0.717) is 5.75 Å². The Morgan fingerprint density at radius 3 is 3.00 bits per heavy atom. The molecule has 2 heterocycles. The fourth-order valence-electron chi connectivity index (χ4n) is 2.36. The quantitative estimate of drug-likeness (QED) is 0.604. The SMILES string of the molecule is O=C(COc1ccc2nsnc2c1)Nc1c[nH]c2ccccc12. The van der Waals surface area contributed by atoms with Crippen molar-refractivity contribution in [3.05, 3.63) is 48.7 Å². The predicted octanol–water partition coefficient (Wildman–Crippen LogP) is 3.19. The molecule has 2 aromatic carbocycles. The Kier molecular flexibility index (Phi) is 3.39. The summed E-state index contributed by atoms with van der Waals surface area (Å²) in [5, 5.41) is 3.81. The molecule has 0 aliphatic heterocycles. The molecule has 7 heteroatoms. The summed E-state index contributed by atoms with van der Waals surface area (Å²) in [6, 6.07) is 13.2. The molecule has 0 fully saturated rings. The Morgan fingerprint density at radius 2 is 2.04 bits per heavy atom. The molecule has 0 atom stereocenters. The average Bonchev–Trinajstić information content (AvgIpc) is 3.20. The summed E-state index contributed by atoms with van der Waals surface area (Å²) in [5.74, 6) is 0.380. The smallest absolute Gasteiger partial charge is 0.262 e. The van der Waals surface area contributed by atoms with Gasteiger partial charge in [-0.3, -0.25) is 4.79 Å². The van der Waals surface area contributed by atoms with Gasteiger partial charge in [0.2, 0.25) is 0 Å². The van der Waals surface area contributed by atoms with Gasteiger partial charge in [-0.15, -0.1) is 0 Å². The molecule has 2 N–H and O–H groups in total. The highest BCUT2D eigenvalue weighted by Crippen LogP contribution is 2.22. The molecule has 2 aromatic heterocycles. The van der Waals surface area contributed by atoms with Gasteiger partial charge in [0.05, 0.1) is 17.4 Å². The minimum Gasteiger partial charge on any atom is -0.484 e. The van der Waals surface area contributed by atoms with Crippen molar-refractivity contribution in [1.82, 2.24) is 13.7 Å². The van der Waals surface area contributed by atoms with Crippen molar-refractivity contribution < 1.29 is 9.53 Å². The maximum atomic E-state index is 12.1. The van der Waals surface area contributed by atoms with Crippen molar-refractivity contribution in [2.75, 3.05) is 11.9 Å². The number of fused-ring (bicyclic) bond motifs is 2. The number of hydrogen-bond acceptors (Lipinski definition) is 5. The lowest BCUT2D eigenvalue weighted by Crippen LogP contribution is -2.19. The molecule has 4 rings (SSSR count). The van der Waals surface area contributed by atoms with E-state index in [2.05, 4.69) is 19.0 Å². The number of nitrogens with zero attached hydrogens (tertiary/aromatic N) is 2. The molecular formula is C16H12N4O2S. The Labute approximate surface area is 135 Å². The zero-order valence-corrected chi connectivity index (χ0v) is 12.8. The van der Waals surface area contributed by atoms with Gasteiger partial charge in [-0.25, -0.2) is 0 Å². The largest absolute Gasteiger partial charge is 0.484 e. The zero-order chi connectivity index (χ0) is 15.6. The number of carbonyl (C=O) groups excluding carboxylic acids is 1. The van der Waals surface area contributed by atoms with Crippen LogP contribution in [0.25, 0.3) is 21.9 Å². The lowest BCUT2D eigenvalue weighted by atomic mass is 10.2. The van der Waals surface area contributed by atoms with Crippen molar-refractivity contribution in [2.24, 2.45) is 0 Å². The van der Waals surface area contributed by atoms with Crippen LogP contribution in [0, 0.1) is 0 Å². The zero-order valence-electron chi connectivity index (χ0n) is 11.9. The van der Waals surface area contributed by atoms with Gasteiger partial charge in [0, 0.05) is 23.2 Å². The number of aromatic amines is 1. The normalized spacial score (nSPS) is 11.0. The summed E-state index contributed by atoms with van der Waals surface area (Å²) in [6.07, 6.45) is 1.77. The third-order valence-electron chi connectivity index (χ3n) is 3.46. The minimum atomic E-state index is -0.216. The maximum Gasteiger partial charge on any atom is 0.262 e. The Morgan fingerprint density at radius 1 is 1.17 bits per heavy atom. The molecule has 6 nitrogen and oxygen atoms in total. The van der Waals surface area contributed by atoms with E-state index in [4.69, 9.17) is 4.74 Å². The van der Waals surface area contributed by atoms with Crippen LogP contribution in [0.15, 0.2) is 48.7 Å². The van der Waals surface area contributed by atoms with Crippen LogP contribution in [0.5, 0.6) is 5.75 Å². The highest BCUT2D eigenvalue weighted by Gasteiger charge is 2.08. The van der Waals surface area contributed by atoms with Crippen LogP contribution in [0.2, 0.25) is 0 Å². The van der Waals surface area contributed by atoms with E-state index in [1.807, 2.05) is 30.3 Å². The van der Waals surface area contributed by atoms with Crippen LogP contribution in [-0.4, -0.2) is 26.2 Å². The fourth-order valence-corrected chi connectivity index (χ4v) is 2.88. The van der Waals surface area contributed by atoms with Crippen molar-refractivity contribution in [1.29, 1.82) is 0 Å². The van der Waals surface area contributed by atoms with E-state index in [0.717, 1.165) is 39.4 Å². The molecule has 4 aromatic rings. The summed E-state index contributed by atoms with van der Waals surface area (Å²) in [7, 11) is 0. The molecule has 0 radical (unpaired) electrons. The first-order chi connectivity index (χ1) is 11.3. The van der Waals surface area contributed by atoms with Crippen molar-refractivity contribution in [3.8, 4) is 5.75 Å². The number of carbonyl (C=O) groups is 1. The van der Waals surface area contributed by atoms with Crippen molar-refractivity contribution in [3.63, 3.8) is 0 Å². The molecule has 1 amide bonds. The second-order valence-corrected chi connectivity index (χ2v) is 5.53. The van der Waals surface area contributed by atoms with Crippen molar-refractivity contribution >= 4 is 45.3 Å². The summed E-state index contributed by atoms with van der Waals surface area (Å²) in [5.41, 5.74) is 3.31. The number of H-pyrrole nitrogens is 1. The number of para-hydroxylation sites is 1. The molecule has 0 saturated carbocycles. The first kappa shape index (κ1) is 13.7. The van der Waals surface area contributed by atoms with Gasteiger partial charge in [0.1, 0.15) is 16.8 Å². The highest BCUT2D eigenvalue weighted by atomic mass is 32.1. The monoisotopic (exact) mass is 324 g/mol. The van der Waals surface area contributed by atoms with Crippen LogP contribution >= 0.6 is 11.7 Å². The number of amides is 1. The molecule has 0 saturated heterocycles. The number of rotatable bonds is 4. The molecule has 114 valence electrons. The maximum absolute atomic E-state index is 12.1. The van der Waals surface area contributed by atoms with E-state index in [1.165, 1.54) is 0 Å². The van der Waals surface area contributed by atoms with Gasteiger partial charge >= 0.3 is 0 Å². The Balaban J connectivity index is 1.43.